The van der Waals surface area contributed by atoms with Crippen LogP contribution >= 0.6 is 15.9 Å². The molecule has 0 aliphatic carbocycles. The standard InChI is InChI=1S/C28H34BrFN2O3/c1-3-5-16-31(17-6-4-2)18-7-19-32-25(20-10-14-23(30)15-11-20)24(27(34)28(32)35)26(33)21-8-12-22(29)13-9-21/h8-15,25,33H,3-7,16-19H2,1-2H3/t25-/m0/s1. The van der Waals surface area contributed by atoms with E-state index in [-0.39, 0.29) is 11.3 Å². The number of halogens is 2. The molecule has 0 saturated carbocycles. The van der Waals surface area contributed by atoms with Gasteiger partial charge in [0.25, 0.3) is 11.7 Å². The van der Waals surface area contributed by atoms with Crippen LogP contribution in [0.2, 0.25) is 0 Å². The fourth-order valence-corrected chi connectivity index (χ4v) is 4.69. The van der Waals surface area contributed by atoms with Crippen molar-refractivity contribution in [3.8, 4) is 0 Å². The van der Waals surface area contributed by atoms with Gasteiger partial charge in [-0.05, 0) is 68.7 Å². The summed E-state index contributed by atoms with van der Waals surface area (Å²) in [6.07, 6.45) is 5.19. The number of nitrogens with zero attached hydrogens (tertiary/aromatic N) is 2. The van der Waals surface area contributed by atoms with Crippen molar-refractivity contribution in [3.63, 3.8) is 0 Å². The number of Topliss-reactive ketones (excluding diaryl/α,β-unsaturated/α-hetero) is 1. The third-order valence-electron chi connectivity index (χ3n) is 6.37. The Balaban J connectivity index is 1.90. The van der Waals surface area contributed by atoms with Crippen LogP contribution in [0.1, 0.15) is 63.1 Å². The van der Waals surface area contributed by atoms with Gasteiger partial charge in [-0.15, -0.1) is 0 Å². The molecule has 0 unspecified atom stereocenters. The van der Waals surface area contributed by atoms with Gasteiger partial charge in [-0.25, -0.2) is 4.39 Å². The van der Waals surface area contributed by atoms with Gasteiger partial charge >= 0.3 is 0 Å². The van der Waals surface area contributed by atoms with Crippen molar-refractivity contribution in [2.24, 2.45) is 0 Å². The maximum atomic E-state index is 13.7. The van der Waals surface area contributed by atoms with E-state index < -0.39 is 23.5 Å². The van der Waals surface area contributed by atoms with Crippen molar-refractivity contribution in [3.05, 3.63) is 75.5 Å². The van der Waals surface area contributed by atoms with E-state index in [2.05, 4.69) is 34.7 Å². The minimum Gasteiger partial charge on any atom is -0.507 e. The zero-order valence-corrected chi connectivity index (χ0v) is 22.1. The first-order valence-electron chi connectivity index (χ1n) is 12.4. The molecule has 5 nitrogen and oxygen atoms in total. The summed E-state index contributed by atoms with van der Waals surface area (Å²) in [6.45, 7) is 7.57. The Morgan fingerprint density at radius 3 is 2.09 bits per heavy atom. The summed E-state index contributed by atoms with van der Waals surface area (Å²) < 4.78 is 14.5. The minimum atomic E-state index is -0.765. The lowest BCUT2D eigenvalue weighted by Crippen LogP contribution is -2.34. The number of amides is 1. The predicted molar refractivity (Wildman–Crippen MR) is 140 cm³/mol. The van der Waals surface area contributed by atoms with Crippen molar-refractivity contribution >= 4 is 33.4 Å². The van der Waals surface area contributed by atoms with Gasteiger partial charge in [0.1, 0.15) is 11.6 Å². The number of rotatable bonds is 12. The molecular weight excluding hydrogens is 511 g/mol. The first kappa shape index (κ1) is 27.1. The van der Waals surface area contributed by atoms with Crippen LogP contribution in [0.4, 0.5) is 4.39 Å². The Kier molecular flexibility index (Phi) is 10.0. The van der Waals surface area contributed by atoms with E-state index in [1.807, 2.05) is 0 Å². The fourth-order valence-electron chi connectivity index (χ4n) is 4.43. The molecule has 0 spiro atoms. The molecule has 1 N–H and O–H groups in total. The lowest BCUT2D eigenvalue weighted by atomic mass is 9.95. The zero-order valence-electron chi connectivity index (χ0n) is 20.5. The summed E-state index contributed by atoms with van der Waals surface area (Å²) >= 11 is 3.37. The maximum absolute atomic E-state index is 13.7. The average Bonchev–Trinajstić information content (AvgIpc) is 3.10. The summed E-state index contributed by atoms with van der Waals surface area (Å²) in [4.78, 5) is 30.2. The molecule has 1 aliphatic rings. The highest BCUT2D eigenvalue weighted by molar-refractivity contribution is 9.10. The number of hydrogen-bond donors (Lipinski definition) is 1. The second kappa shape index (κ2) is 13.0. The van der Waals surface area contributed by atoms with Gasteiger partial charge < -0.3 is 14.9 Å². The van der Waals surface area contributed by atoms with E-state index in [0.717, 1.165) is 49.8 Å². The lowest BCUT2D eigenvalue weighted by Gasteiger charge is -2.27. The minimum absolute atomic E-state index is 0.0396. The molecule has 188 valence electrons. The number of aliphatic hydroxyl groups is 1. The molecule has 1 fully saturated rings. The molecule has 35 heavy (non-hydrogen) atoms. The van der Waals surface area contributed by atoms with Crippen molar-refractivity contribution in [2.75, 3.05) is 26.2 Å². The Bertz CT molecular complexity index is 1030. The summed E-state index contributed by atoms with van der Waals surface area (Å²) in [5.41, 5.74) is 1.08. The van der Waals surface area contributed by atoms with Crippen molar-refractivity contribution in [1.82, 2.24) is 9.80 Å². The topological polar surface area (TPSA) is 60.9 Å². The molecule has 0 radical (unpaired) electrons. The van der Waals surface area contributed by atoms with Gasteiger partial charge in [-0.2, -0.15) is 0 Å². The monoisotopic (exact) mass is 544 g/mol. The van der Waals surface area contributed by atoms with E-state index in [0.29, 0.717) is 24.1 Å². The number of ketones is 1. The Labute approximate surface area is 215 Å². The molecule has 1 atom stereocenters. The largest absolute Gasteiger partial charge is 0.507 e. The van der Waals surface area contributed by atoms with Gasteiger partial charge in [0.05, 0.1) is 11.6 Å². The summed E-state index contributed by atoms with van der Waals surface area (Å²) in [5.74, 6) is -1.97. The first-order valence-corrected chi connectivity index (χ1v) is 13.2. The summed E-state index contributed by atoms with van der Waals surface area (Å²) in [6, 6.07) is 11.9. The van der Waals surface area contributed by atoms with Crippen molar-refractivity contribution < 1.29 is 19.1 Å². The molecule has 1 amide bonds. The normalized spacial score (nSPS) is 17.5. The fraction of sp³-hybridized carbons (Fsp3) is 0.429. The molecule has 0 aromatic heterocycles. The highest BCUT2D eigenvalue weighted by atomic mass is 79.9. The lowest BCUT2D eigenvalue weighted by molar-refractivity contribution is -0.140. The number of aliphatic hydroxyl groups excluding tert-OH is 1. The van der Waals surface area contributed by atoms with Crippen molar-refractivity contribution in [1.29, 1.82) is 0 Å². The molecule has 2 aromatic rings. The average molecular weight is 545 g/mol. The van der Waals surface area contributed by atoms with Gasteiger partial charge in [0.2, 0.25) is 0 Å². The van der Waals surface area contributed by atoms with Crippen LogP contribution in [-0.4, -0.2) is 52.8 Å². The van der Waals surface area contributed by atoms with Gasteiger partial charge in [0.15, 0.2) is 0 Å². The van der Waals surface area contributed by atoms with E-state index >= 15 is 0 Å². The second-order valence-corrected chi connectivity index (χ2v) is 9.87. The smallest absolute Gasteiger partial charge is 0.295 e. The van der Waals surface area contributed by atoms with Crippen LogP contribution in [0.15, 0.2) is 58.6 Å². The third-order valence-corrected chi connectivity index (χ3v) is 6.90. The number of hydrogen-bond acceptors (Lipinski definition) is 4. The summed E-state index contributed by atoms with van der Waals surface area (Å²) in [7, 11) is 0. The van der Waals surface area contributed by atoms with Gasteiger partial charge in [-0.1, -0.05) is 66.9 Å². The molecule has 2 aromatic carbocycles. The number of benzene rings is 2. The molecule has 7 heteroatoms. The van der Waals surface area contributed by atoms with Gasteiger partial charge in [-0.3, -0.25) is 9.59 Å². The van der Waals surface area contributed by atoms with Crippen LogP contribution in [0.25, 0.3) is 5.76 Å². The molecule has 1 saturated heterocycles. The van der Waals surface area contributed by atoms with Crippen LogP contribution in [-0.2, 0) is 9.59 Å². The predicted octanol–water partition coefficient (Wildman–Crippen LogP) is 6.30. The van der Waals surface area contributed by atoms with E-state index in [9.17, 15) is 19.1 Å². The van der Waals surface area contributed by atoms with Crippen LogP contribution in [0, 0.1) is 5.82 Å². The Morgan fingerprint density at radius 2 is 1.51 bits per heavy atom. The highest BCUT2D eigenvalue weighted by Crippen LogP contribution is 2.39. The highest BCUT2D eigenvalue weighted by Gasteiger charge is 2.45. The van der Waals surface area contributed by atoms with Gasteiger partial charge in [0, 0.05) is 16.6 Å². The van der Waals surface area contributed by atoms with Crippen molar-refractivity contribution in [2.45, 2.75) is 52.0 Å². The molecule has 1 heterocycles. The molecule has 3 rings (SSSR count). The summed E-state index contributed by atoms with van der Waals surface area (Å²) in [5, 5.41) is 11.1. The Morgan fingerprint density at radius 1 is 0.943 bits per heavy atom. The van der Waals surface area contributed by atoms with Crippen LogP contribution < -0.4 is 0 Å². The number of carbonyl (C=O) groups excluding carboxylic acids is 2. The van der Waals surface area contributed by atoms with Crippen LogP contribution in [0.5, 0.6) is 0 Å². The molecule has 1 aliphatic heterocycles. The van der Waals surface area contributed by atoms with Crippen LogP contribution in [0.3, 0.4) is 0 Å². The Hall–Kier alpha value is -2.51. The number of carbonyl (C=O) groups is 2. The molecular formula is C28H34BrFN2O3. The SMILES string of the molecule is CCCCN(CCCC)CCCN1C(=O)C(=O)C(=C(O)c2ccc(Br)cc2)[C@@H]1c1ccc(F)cc1. The zero-order chi connectivity index (χ0) is 25.4. The number of likely N-dealkylation sites (tertiary alicyclic amines) is 1. The van der Waals surface area contributed by atoms with E-state index in [1.165, 1.54) is 17.0 Å². The maximum Gasteiger partial charge on any atom is 0.295 e. The van der Waals surface area contributed by atoms with E-state index in [1.54, 1.807) is 36.4 Å². The molecule has 0 bridgehead atoms. The third kappa shape index (κ3) is 6.79. The first-order chi connectivity index (χ1) is 16.9. The quantitative estimate of drug-likeness (QED) is 0.193. The second-order valence-electron chi connectivity index (χ2n) is 8.95. The van der Waals surface area contributed by atoms with E-state index in [4.69, 9.17) is 0 Å². The number of unbranched alkanes of at least 4 members (excludes halogenated alkanes) is 2.